The molecule has 2 heterocycles. The number of carboxylic acids is 1. The van der Waals surface area contributed by atoms with Gasteiger partial charge in [-0.15, -0.1) is 0 Å². The lowest BCUT2D eigenvalue weighted by Crippen LogP contribution is -2.24. The van der Waals surface area contributed by atoms with E-state index in [1.165, 1.54) is 0 Å². The number of para-hydroxylation sites is 1. The smallest absolute Gasteiger partial charge is 0.333 e. The molecule has 0 amide bonds. The van der Waals surface area contributed by atoms with Crippen LogP contribution in [0.25, 0.3) is 5.70 Å². The van der Waals surface area contributed by atoms with E-state index >= 15 is 0 Å². The quantitative estimate of drug-likeness (QED) is 0.789. The number of benzene rings is 1. The third-order valence-corrected chi connectivity index (χ3v) is 3.19. The zero-order chi connectivity index (χ0) is 12.5. The molecule has 2 N–H and O–H groups in total. The van der Waals surface area contributed by atoms with Crippen LogP contribution in [-0.2, 0) is 4.79 Å². The van der Waals surface area contributed by atoms with Crippen molar-refractivity contribution in [3.8, 4) is 5.75 Å². The summed E-state index contributed by atoms with van der Waals surface area (Å²) in [6.45, 7) is 0.920. The average molecular weight is 243 g/mol. The number of ether oxygens (including phenoxy) is 1. The molecule has 1 aromatic carbocycles. The van der Waals surface area contributed by atoms with Crippen molar-refractivity contribution in [3.05, 3.63) is 47.1 Å². The fraction of sp³-hybridized carbons (Fsp3) is 0.214. The summed E-state index contributed by atoms with van der Waals surface area (Å²) in [4.78, 5) is 11.0. The number of carbonyl (C=O) groups is 1. The van der Waals surface area contributed by atoms with Crippen LogP contribution in [0.4, 0.5) is 0 Å². The van der Waals surface area contributed by atoms with Gasteiger partial charge >= 0.3 is 5.97 Å². The molecule has 3 rings (SSSR count). The summed E-state index contributed by atoms with van der Waals surface area (Å²) < 4.78 is 5.68. The second kappa shape index (κ2) is 4.22. The molecular weight excluding hydrogens is 230 g/mol. The molecule has 0 fully saturated rings. The largest absolute Gasteiger partial charge is 0.493 e. The predicted octanol–water partition coefficient (Wildman–Crippen LogP) is 1.79. The standard InChI is InChI=1S/C14H13NO3/c16-14(17)10-7-9-5-6-18-12-4-2-1-3-11(12)13(9)15-8-10/h1-4,7,15H,5-6,8H2,(H,16,17). The van der Waals surface area contributed by atoms with Gasteiger partial charge in [-0.1, -0.05) is 12.1 Å². The molecule has 4 nitrogen and oxygen atoms in total. The van der Waals surface area contributed by atoms with Crippen LogP contribution in [-0.4, -0.2) is 24.2 Å². The number of rotatable bonds is 1. The van der Waals surface area contributed by atoms with Gasteiger partial charge in [0, 0.05) is 24.2 Å². The summed E-state index contributed by atoms with van der Waals surface area (Å²) in [7, 11) is 0. The van der Waals surface area contributed by atoms with Crippen LogP contribution in [0.2, 0.25) is 0 Å². The first-order valence-corrected chi connectivity index (χ1v) is 5.89. The zero-order valence-corrected chi connectivity index (χ0v) is 9.77. The Bertz CT molecular complexity index is 572. The molecule has 2 aliphatic rings. The van der Waals surface area contributed by atoms with Crippen molar-refractivity contribution in [2.45, 2.75) is 6.42 Å². The lowest BCUT2D eigenvalue weighted by Gasteiger charge is -2.19. The first-order chi connectivity index (χ1) is 8.75. The monoisotopic (exact) mass is 243 g/mol. The molecule has 0 saturated heterocycles. The maximum atomic E-state index is 11.0. The number of fused-ring (bicyclic) bond motifs is 2. The number of dihydropyridines is 1. The SMILES string of the molecule is O=C(O)C1=CC2=C(NC1)c1ccccc1OCC2. The highest BCUT2D eigenvalue weighted by atomic mass is 16.5. The molecule has 0 radical (unpaired) electrons. The van der Waals surface area contributed by atoms with Crippen molar-refractivity contribution in [1.29, 1.82) is 0 Å². The highest BCUT2D eigenvalue weighted by molar-refractivity contribution is 5.90. The van der Waals surface area contributed by atoms with Crippen molar-refractivity contribution >= 4 is 11.7 Å². The van der Waals surface area contributed by atoms with Gasteiger partial charge in [-0.25, -0.2) is 4.79 Å². The summed E-state index contributed by atoms with van der Waals surface area (Å²) in [6, 6.07) is 7.81. The molecule has 4 heteroatoms. The maximum Gasteiger partial charge on any atom is 0.333 e. The van der Waals surface area contributed by atoms with Gasteiger partial charge in [-0.05, 0) is 23.8 Å². The third kappa shape index (κ3) is 1.76. The lowest BCUT2D eigenvalue weighted by molar-refractivity contribution is -0.132. The van der Waals surface area contributed by atoms with Crippen molar-refractivity contribution in [1.82, 2.24) is 5.32 Å². The Hall–Kier alpha value is -2.23. The minimum absolute atomic E-state index is 0.350. The van der Waals surface area contributed by atoms with Crippen LogP contribution in [0.5, 0.6) is 5.75 Å². The van der Waals surface area contributed by atoms with Crippen LogP contribution < -0.4 is 10.1 Å². The first kappa shape index (κ1) is 10.9. The van der Waals surface area contributed by atoms with E-state index in [2.05, 4.69) is 5.32 Å². The zero-order valence-electron chi connectivity index (χ0n) is 9.77. The molecule has 1 aromatic rings. The van der Waals surface area contributed by atoms with E-state index in [4.69, 9.17) is 9.84 Å². The molecule has 92 valence electrons. The number of hydrogen-bond donors (Lipinski definition) is 2. The molecular formula is C14H13NO3. The molecule has 2 aliphatic heterocycles. The summed E-state index contributed by atoms with van der Waals surface area (Å²) in [5.41, 5.74) is 3.40. The van der Waals surface area contributed by atoms with E-state index in [0.717, 1.165) is 22.6 Å². The Balaban J connectivity index is 2.11. The Morgan fingerprint density at radius 2 is 2.17 bits per heavy atom. The second-order valence-electron chi connectivity index (χ2n) is 4.32. The minimum Gasteiger partial charge on any atom is -0.493 e. The Kier molecular flexibility index (Phi) is 2.55. The van der Waals surface area contributed by atoms with Crippen LogP contribution in [0.1, 0.15) is 12.0 Å². The van der Waals surface area contributed by atoms with Crippen molar-refractivity contribution in [2.24, 2.45) is 0 Å². The minimum atomic E-state index is -0.868. The highest BCUT2D eigenvalue weighted by Crippen LogP contribution is 2.33. The van der Waals surface area contributed by atoms with E-state index in [9.17, 15) is 4.79 Å². The lowest BCUT2D eigenvalue weighted by atomic mass is 9.98. The van der Waals surface area contributed by atoms with Gasteiger partial charge in [-0.2, -0.15) is 0 Å². The van der Waals surface area contributed by atoms with Crippen LogP contribution >= 0.6 is 0 Å². The van der Waals surface area contributed by atoms with E-state index in [0.29, 0.717) is 25.1 Å². The van der Waals surface area contributed by atoms with E-state index < -0.39 is 5.97 Å². The summed E-state index contributed by atoms with van der Waals surface area (Å²) >= 11 is 0. The van der Waals surface area contributed by atoms with E-state index in [1.807, 2.05) is 24.3 Å². The third-order valence-electron chi connectivity index (χ3n) is 3.19. The molecule has 0 atom stereocenters. The predicted molar refractivity (Wildman–Crippen MR) is 67.2 cm³/mol. The summed E-state index contributed by atoms with van der Waals surface area (Å²) in [5, 5.41) is 12.2. The number of carboxylic acid groups (broad SMARTS) is 1. The van der Waals surface area contributed by atoms with Crippen LogP contribution in [0.3, 0.4) is 0 Å². The van der Waals surface area contributed by atoms with Gasteiger partial charge in [0.25, 0.3) is 0 Å². The molecule has 0 unspecified atom stereocenters. The van der Waals surface area contributed by atoms with Gasteiger partial charge in [0.1, 0.15) is 5.75 Å². The van der Waals surface area contributed by atoms with Crippen molar-refractivity contribution in [2.75, 3.05) is 13.2 Å². The number of allylic oxidation sites excluding steroid dienone is 1. The molecule has 0 aromatic heterocycles. The highest BCUT2D eigenvalue weighted by Gasteiger charge is 2.22. The summed E-state index contributed by atoms with van der Waals surface area (Å²) in [6.07, 6.45) is 2.48. The number of hydrogen-bond acceptors (Lipinski definition) is 3. The van der Waals surface area contributed by atoms with Gasteiger partial charge in [-0.3, -0.25) is 0 Å². The average Bonchev–Trinajstić information content (AvgIpc) is 2.57. The van der Waals surface area contributed by atoms with Crippen molar-refractivity contribution in [3.63, 3.8) is 0 Å². The van der Waals surface area contributed by atoms with Gasteiger partial charge in [0.2, 0.25) is 0 Å². The van der Waals surface area contributed by atoms with Gasteiger partial charge < -0.3 is 15.2 Å². The fourth-order valence-corrected chi connectivity index (χ4v) is 2.30. The van der Waals surface area contributed by atoms with Gasteiger partial charge in [0.05, 0.1) is 12.2 Å². The first-order valence-electron chi connectivity index (χ1n) is 5.89. The number of aliphatic carboxylic acids is 1. The van der Waals surface area contributed by atoms with Crippen LogP contribution in [0.15, 0.2) is 41.5 Å². The normalized spacial score (nSPS) is 17.7. The van der Waals surface area contributed by atoms with Crippen molar-refractivity contribution < 1.29 is 14.6 Å². The Labute approximate surface area is 105 Å². The van der Waals surface area contributed by atoms with Gasteiger partial charge in [0.15, 0.2) is 0 Å². The molecule has 0 spiro atoms. The fourth-order valence-electron chi connectivity index (χ4n) is 2.30. The van der Waals surface area contributed by atoms with Crippen LogP contribution in [0, 0.1) is 0 Å². The molecule has 18 heavy (non-hydrogen) atoms. The van der Waals surface area contributed by atoms with E-state index in [-0.39, 0.29) is 0 Å². The molecule has 0 bridgehead atoms. The van der Waals surface area contributed by atoms with E-state index in [1.54, 1.807) is 6.08 Å². The second-order valence-corrected chi connectivity index (χ2v) is 4.32. The molecule has 0 aliphatic carbocycles. The Morgan fingerprint density at radius 3 is 3.00 bits per heavy atom. The summed E-state index contributed by atoms with van der Waals surface area (Å²) in [5.74, 6) is -0.0188. The topological polar surface area (TPSA) is 58.6 Å². The number of nitrogens with one attached hydrogen (secondary N) is 1. The maximum absolute atomic E-state index is 11.0. The Morgan fingerprint density at radius 1 is 1.33 bits per heavy atom. The molecule has 0 saturated carbocycles.